The molecular weight excluding hydrogens is 298 g/mol. The van der Waals surface area contributed by atoms with Crippen LogP contribution in [0, 0.1) is 39.0 Å². The third-order valence-electron chi connectivity index (χ3n) is 3.98. The normalized spacial score (nSPS) is 10.9. The van der Waals surface area contributed by atoms with Gasteiger partial charge in [-0.25, -0.2) is 0 Å². The fourth-order valence-corrected chi connectivity index (χ4v) is 2.27. The van der Waals surface area contributed by atoms with Crippen molar-refractivity contribution >= 4 is 17.3 Å². The minimum absolute atomic E-state index is 0.0248. The molecule has 4 heteroatoms. The molecule has 0 aliphatic carbocycles. The number of anilines is 2. The Morgan fingerprint density at radius 3 is 2.50 bits per heavy atom. The Hall–Kier alpha value is -3.06. The van der Waals surface area contributed by atoms with E-state index in [4.69, 9.17) is 0 Å². The van der Waals surface area contributed by atoms with Gasteiger partial charge in [-0.15, -0.1) is 0 Å². The second-order valence-electron chi connectivity index (χ2n) is 5.83. The van der Waals surface area contributed by atoms with Crippen molar-refractivity contribution in [1.82, 2.24) is 0 Å². The van der Waals surface area contributed by atoms with Crippen LogP contribution in [0.15, 0.2) is 48.2 Å². The second-order valence-corrected chi connectivity index (χ2v) is 5.83. The first-order chi connectivity index (χ1) is 11.4. The predicted octanol–water partition coefficient (Wildman–Crippen LogP) is 4.38. The average Bonchev–Trinajstić information content (AvgIpc) is 2.55. The molecule has 0 aliphatic heterocycles. The van der Waals surface area contributed by atoms with Crippen molar-refractivity contribution in [2.24, 2.45) is 0 Å². The molecule has 122 valence electrons. The molecule has 2 aromatic rings. The van der Waals surface area contributed by atoms with Crippen molar-refractivity contribution in [2.75, 3.05) is 10.6 Å². The third-order valence-corrected chi connectivity index (χ3v) is 3.98. The van der Waals surface area contributed by atoms with Crippen LogP contribution in [-0.2, 0) is 4.79 Å². The fourth-order valence-electron chi connectivity index (χ4n) is 2.27. The summed E-state index contributed by atoms with van der Waals surface area (Å²) in [5, 5.41) is 15.1. The summed E-state index contributed by atoms with van der Waals surface area (Å²) in [4.78, 5) is 12.3. The van der Waals surface area contributed by atoms with Crippen LogP contribution in [0.25, 0.3) is 0 Å². The lowest BCUT2D eigenvalue weighted by molar-refractivity contribution is -0.112. The van der Waals surface area contributed by atoms with Crippen molar-refractivity contribution in [3.8, 4) is 6.07 Å². The van der Waals surface area contributed by atoms with Crippen LogP contribution < -0.4 is 10.6 Å². The lowest BCUT2D eigenvalue weighted by Crippen LogP contribution is -2.15. The van der Waals surface area contributed by atoms with Gasteiger partial charge in [0.2, 0.25) is 0 Å². The summed E-state index contributed by atoms with van der Waals surface area (Å²) in [5.74, 6) is -0.427. The maximum absolute atomic E-state index is 12.3. The average molecular weight is 319 g/mol. The molecule has 2 aromatic carbocycles. The highest BCUT2D eigenvalue weighted by atomic mass is 16.1. The first-order valence-corrected chi connectivity index (χ1v) is 7.74. The zero-order valence-corrected chi connectivity index (χ0v) is 14.4. The van der Waals surface area contributed by atoms with Gasteiger partial charge < -0.3 is 10.6 Å². The van der Waals surface area contributed by atoms with Crippen molar-refractivity contribution < 1.29 is 4.79 Å². The number of nitriles is 1. The Bertz CT molecular complexity index is 844. The van der Waals surface area contributed by atoms with Gasteiger partial charge in [-0.3, -0.25) is 4.79 Å². The van der Waals surface area contributed by atoms with E-state index in [9.17, 15) is 10.1 Å². The van der Waals surface area contributed by atoms with Crippen molar-refractivity contribution in [3.63, 3.8) is 0 Å². The predicted molar refractivity (Wildman–Crippen MR) is 97.8 cm³/mol. The van der Waals surface area contributed by atoms with Gasteiger partial charge in [-0.1, -0.05) is 24.3 Å². The van der Waals surface area contributed by atoms with Gasteiger partial charge in [-0.05, 0) is 62.1 Å². The number of nitrogens with zero attached hydrogens (tertiary/aromatic N) is 1. The molecule has 2 rings (SSSR count). The molecule has 0 heterocycles. The van der Waals surface area contributed by atoms with E-state index in [1.54, 1.807) is 0 Å². The van der Waals surface area contributed by atoms with Crippen LogP contribution in [-0.4, -0.2) is 5.91 Å². The molecule has 0 unspecified atom stereocenters. The van der Waals surface area contributed by atoms with Gasteiger partial charge in [0.15, 0.2) is 0 Å². The molecule has 24 heavy (non-hydrogen) atoms. The van der Waals surface area contributed by atoms with Gasteiger partial charge in [0.25, 0.3) is 5.91 Å². The van der Waals surface area contributed by atoms with Crippen molar-refractivity contribution in [1.29, 1.82) is 5.26 Å². The summed E-state index contributed by atoms with van der Waals surface area (Å²) < 4.78 is 0. The summed E-state index contributed by atoms with van der Waals surface area (Å²) in [6.45, 7) is 7.88. The number of hydrogen-bond acceptors (Lipinski definition) is 3. The summed E-state index contributed by atoms with van der Waals surface area (Å²) >= 11 is 0. The Labute approximate surface area is 142 Å². The number of aryl methyl sites for hydroxylation is 3. The molecule has 2 N–H and O–H groups in total. The van der Waals surface area contributed by atoms with Crippen LogP contribution in [0.3, 0.4) is 0 Å². The van der Waals surface area contributed by atoms with E-state index in [0.717, 1.165) is 27.9 Å². The van der Waals surface area contributed by atoms with Gasteiger partial charge >= 0.3 is 0 Å². The lowest BCUT2D eigenvalue weighted by atomic mass is 10.1. The fraction of sp³-hybridized carbons (Fsp3) is 0.200. The molecule has 4 nitrogen and oxygen atoms in total. The minimum atomic E-state index is -0.427. The van der Waals surface area contributed by atoms with Crippen molar-refractivity contribution in [2.45, 2.75) is 27.7 Å². The lowest BCUT2D eigenvalue weighted by Gasteiger charge is -2.10. The number of nitrogens with one attached hydrogen (secondary N) is 2. The summed E-state index contributed by atoms with van der Waals surface area (Å²) in [7, 11) is 0. The number of benzene rings is 2. The number of amides is 1. The Kier molecular flexibility index (Phi) is 5.39. The van der Waals surface area contributed by atoms with Gasteiger partial charge in [0, 0.05) is 17.6 Å². The van der Waals surface area contributed by atoms with Gasteiger partial charge in [0.1, 0.15) is 11.6 Å². The smallest absolute Gasteiger partial charge is 0.267 e. The molecule has 0 saturated carbocycles. The molecular formula is C20H21N3O. The van der Waals surface area contributed by atoms with Crippen LogP contribution >= 0.6 is 0 Å². The standard InChI is InChI=1S/C20H21N3O/c1-13-8-9-15(3)19(10-13)22-12-17(11-21)20(24)23-18-7-5-6-14(2)16(18)4/h5-10,12,22H,1-4H3,(H,23,24)/b17-12-. The van der Waals surface area contributed by atoms with Crippen LogP contribution in [0.1, 0.15) is 22.3 Å². The monoisotopic (exact) mass is 319 g/mol. The highest BCUT2D eigenvalue weighted by Crippen LogP contribution is 2.19. The van der Waals surface area contributed by atoms with E-state index >= 15 is 0 Å². The molecule has 0 bridgehead atoms. The van der Waals surface area contributed by atoms with E-state index in [-0.39, 0.29) is 5.57 Å². The number of hydrogen-bond donors (Lipinski definition) is 2. The minimum Gasteiger partial charge on any atom is -0.360 e. The van der Waals surface area contributed by atoms with Crippen molar-refractivity contribution in [3.05, 3.63) is 70.4 Å². The van der Waals surface area contributed by atoms with E-state index in [1.807, 2.05) is 70.2 Å². The Morgan fingerprint density at radius 1 is 1.04 bits per heavy atom. The van der Waals surface area contributed by atoms with Gasteiger partial charge in [0.05, 0.1) is 0 Å². The number of carbonyl (C=O) groups excluding carboxylic acids is 1. The molecule has 0 radical (unpaired) electrons. The number of rotatable bonds is 4. The largest absolute Gasteiger partial charge is 0.360 e. The SMILES string of the molecule is Cc1ccc(C)c(N/C=C(/C#N)C(=O)Nc2cccc(C)c2C)c1. The molecule has 0 spiro atoms. The molecule has 0 atom stereocenters. The highest BCUT2D eigenvalue weighted by molar-refractivity contribution is 6.07. The van der Waals surface area contributed by atoms with Gasteiger partial charge in [-0.2, -0.15) is 5.26 Å². The summed E-state index contributed by atoms with van der Waals surface area (Å²) in [6, 6.07) is 13.6. The first-order valence-electron chi connectivity index (χ1n) is 7.74. The molecule has 0 saturated heterocycles. The van der Waals surface area contributed by atoms with E-state index in [2.05, 4.69) is 10.6 Å². The first kappa shape index (κ1) is 17.3. The topological polar surface area (TPSA) is 64.9 Å². The molecule has 0 aromatic heterocycles. The van der Waals surface area contributed by atoms with E-state index < -0.39 is 5.91 Å². The molecule has 0 fully saturated rings. The second kappa shape index (κ2) is 7.47. The maximum atomic E-state index is 12.3. The third kappa shape index (κ3) is 4.02. The Morgan fingerprint density at radius 2 is 1.79 bits per heavy atom. The van der Waals surface area contributed by atoms with E-state index in [0.29, 0.717) is 5.69 Å². The van der Waals surface area contributed by atoms with Crippen LogP contribution in [0.5, 0.6) is 0 Å². The quantitative estimate of drug-likeness (QED) is 0.649. The summed E-state index contributed by atoms with van der Waals surface area (Å²) in [5.41, 5.74) is 5.85. The zero-order chi connectivity index (χ0) is 17.7. The number of carbonyl (C=O) groups is 1. The highest BCUT2D eigenvalue weighted by Gasteiger charge is 2.11. The van der Waals surface area contributed by atoms with E-state index in [1.165, 1.54) is 6.20 Å². The maximum Gasteiger partial charge on any atom is 0.267 e. The molecule has 0 aliphatic rings. The van der Waals surface area contributed by atoms with Crippen LogP contribution in [0.4, 0.5) is 11.4 Å². The molecule has 1 amide bonds. The van der Waals surface area contributed by atoms with Crippen LogP contribution in [0.2, 0.25) is 0 Å². The zero-order valence-electron chi connectivity index (χ0n) is 14.4. The Balaban J connectivity index is 2.18. The summed E-state index contributed by atoms with van der Waals surface area (Å²) in [6.07, 6.45) is 1.45.